The highest BCUT2D eigenvalue weighted by atomic mass is 19.4. The van der Waals surface area contributed by atoms with E-state index in [9.17, 15) is 18.0 Å². The second-order valence-electron chi connectivity index (χ2n) is 9.21. The van der Waals surface area contributed by atoms with Crippen LogP contribution >= 0.6 is 0 Å². The molecule has 1 atom stereocenters. The van der Waals surface area contributed by atoms with E-state index in [-0.39, 0.29) is 12.2 Å². The monoisotopic (exact) mass is 519 g/mol. The lowest BCUT2D eigenvalue weighted by Crippen LogP contribution is -2.42. The van der Waals surface area contributed by atoms with Gasteiger partial charge in [-0.15, -0.1) is 5.48 Å². The van der Waals surface area contributed by atoms with Crippen molar-refractivity contribution in [2.75, 3.05) is 0 Å². The summed E-state index contributed by atoms with van der Waals surface area (Å²) in [6.45, 7) is 1.98. The van der Waals surface area contributed by atoms with Crippen molar-refractivity contribution in [2.24, 2.45) is 0 Å². The van der Waals surface area contributed by atoms with Crippen LogP contribution in [0.2, 0.25) is 0 Å². The Balaban J connectivity index is 1.36. The van der Waals surface area contributed by atoms with Gasteiger partial charge >= 0.3 is 12.1 Å². The lowest BCUT2D eigenvalue weighted by molar-refractivity contribution is -0.156. The first kappa shape index (κ1) is 26.9. The Hall–Kier alpha value is -4.10. The van der Waals surface area contributed by atoms with E-state index in [1.165, 1.54) is 12.1 Å². The fraction of sp³-hybridized carbons (Fsp3) is 0.194. The molecule has 1 N–H and O–H groups in total. The Morgan fingerprint density at radius 1 is 0.737 bits per heavy atom. The maximum Gasteiger partial charge on any atom is 0.416 e. The van der Waals surface area contributed by atoms with Crippen LogP contribution in [-0.2, 0) is 34.2 Å². The molecule has 7 heteroatoms. The van der Waals surface area contributed by atoms with Crippen LogP contribution in [0.15, 0.2) is 109 Å². The molecule has 0 fully saturated rings. The van der Waals surface area contributed by atoms with Gasteiger partial charge in [-0.1, -0.05) is 78.9 Å². The van der Waals surface area contributed by atoms with Crippen LogP contribution in [0.5, 0.6) is 11.5 Å². The number of hydrogen-bond donors (Lipinski definition) is 1. The quantitative estimate of drug-likeness (QED) is 0.219. The first-order chi connectivity index (χ1) is 18.2. The third-order valence-electron chi connectivity index (χ3n) is 6.11. The first-order valence-electron chi connectivity index (χ1n) is 12.2. The summed E-state index contributed by atoms with van der Waals surface area (Å²) in [7, 11) is 0. The van der Waals surface area contributed by atoms with Crippen molar-refractivity contribution in [1.82, 2.24) is 5.48 Å². The van der Waals surface area contributed by atoms with Crippen LogP contribution in [-0.4, -0.2) is 5.97 Å². The average molecular weight is 520 g/mol. The normalized spacial score (nSPS) is 12.9. The smallest absolute Gasteiger partial charge is 0.416 e. The highest BCUT2D eigenvalue weighted by Gasteiger charge is 2.31. The van der Waals surface area contributed by atoms with E-state index >= 15 is 0 Å². The molecule has 4 nitrogen and oxygen atoms in total. The number of hydroxylamine groups is 1. The number of aryl methyl sites for hydroxylation is 1. The number of rotatable bonds is 10. The average Bonchev–Trinajstić information content (AvgIpc) is 2.92. The number of benzene rings is 4. The van der Waals surface area contributed by atoms with Crippen LogP contribution in [0, 0.1) is 0 Å². The molecule has 0 spiro atoms. The maximum absolute atomic E-state index is 13.0. The Kier molecular flexibility index (Phi) is 8.48. The number of hydrogen-bond acceptors (Lipinski definition) is 4. The summed E-state index contributed by atoms with van der Waals surface area (Å²) in [6, 6.07) is 31.3. The van der Waals surface area contributed by atoms with E-state index in [1.54, 1.807) is 18.2 Å². The number of ether oxygens (including phenoxy) is 1. The van der Waals surface area contributed by atoms with Crippen LogP contribution in [0.25, 0.3) is 0 Å². The van der Waals surface area contributed by atoms with Crippen molar-refractivity contribution < 1.29 is 27.5 Å². The molecular weight excluding hydrogens is 491 g/mol. The molecule has 0 radical (unpaired) electrons. The molecule has 0 unspecified atom stereocenters. The minimum atomic E-state index is -4.45. The van der Waals surface area contributed by atoms with E-state index in [0.717, 1.165) is 28.8 Å². The maximum atomic E-state index is 13.0. The van der Waals surface area contributed by atoms with Crippen LogP contribution < -0.4 is 10.2 Å². The Morgan fingerprint density at radius 2 is 1.32 bits per heavy atom. The van der Waals surface area contributed by atoms with Gasteiger partial charge in [-0.2, -0.15) is 13.2 Å². The molecule has 0 aliphatic carbocycles. The lowest BCUT2D eigenvalue weighted by Gasteiger charge is -2.30. The Labute approximate surface area is 220 Å². The van der Waals surface area contributed by atoms with Gasteiger partial charge in [0.05, 0.1) is 17.5 Å². The number of halogens is 3. The molecular formula is C31H28F3NO3. The van der Waals surface area contributed by atoms with E-state index < -0.39 is 23.2 Å². The zero-order valence-corrected chi connectivity index (χ0v) is 20.9. The van der Waals surface area contributed by atoms with Crippen molar-refractivity contribution in [3.63, 3.8) is 0 Å². The molecule has 0 amide bonds. The van der Waals surface area contributed by atoms with Crippen molar-refractivity contribution in [3.05, 3.63) is 131 Å². The molecule has 196 valence electrons. The molecule has 0 aliphatic heterocycles. The Bertz CT molecular complexity index is 1340. The molecule has 38 heavy (non-hydrogen) atoms. The predicted octanol–water partition coefficient (Wildman–Crippen LogP) is 7.64. The topological polar surface area (TPSA) is 47.6 Å². The number of carbonyl (C=O) groups excluding carboxylic acids is 1. The molecule has 0 aromatic heterocycles. The van der Waals surface area contributed by atoms with Crippen molar-refractivity contribution in [3.8, 4) is 11.5 Å². The zero-order chi connectivity index (χ0) is 27.0. The first-order valence-corrected chi connectivity index (χ1v) is 12.2. The summed E-state index contributed by atoms with van der Waals surface area (Å²) in [5, 5.41) is 0. The summed E-state index contributed by atoms with van der Waals surface area (Å²) in [5.41, 5.74) is 4.44. The fourth-order valence-electron chi connectivity index (χ4n) is 4.11. The molecule has 4 aromatic carbocycles. The van der Waals surface area contributed by atoms with Crippen molar-refractivity contribution in [1.29, 1.82) is 0 Å². The van der Waals surface area contributed by atoms with E-state index in [0.29, 0.717) is 18.6 Å². The molecule has 0 saturated carbocycles. The van der Waals surface area contributed by atoms with Gasteiger partial charge in [-0.05, 0) is 66.8 Å². The molecule has 0 heterocycles. The summed E-state index contributed by atoms with van der Waals surface area (Å²) in [6.07, 6.45) is -3.36. The standard InChI is InChI=1S/C31H28F3NO3/c1-30(25-13-6-3-7-14-25,22-24-10-4-2-5-11-24)35-38-29(36)19-18-23-12-8-16-27(20-23)37-28-17-9-15-26(21-28)31(32,33)34/h2-17,20-21,35H,18-19,22H2,1H3/t30-/m1/s1. The largest absolute Gasteiger partial charge is 0.457 e. The molecule has 0 aliphatic rings. The third-order valence-corrected chi connectivity index (χ3v) is 6.11. The van der Waals surface area contributed by atoms with Gasteiger partial charge < -0.3 is 9.57 Å². The van der Waals surface area contributed by atoms with Crippen LogP contribution in [0.3, 0.4) is 0 Å². The predicted molar refractivity (Wildman–Crippen MR) is 139 cm³/mol. The van der Waals surface area contributed by atoms with Crippen LogP contribution in [0.1, 0.15) is 35.6 Å². The minimum absolute atomic E-state index is 0.0826. The lowest BCUT2D eigenvalue weighted by atomic mass is 9.86. The van der Waals surface area contributed by atoms with Gasteiger partial charge in [0, 0.05) is 0 Å². The summed E-state index contributed by atoms with van der Waals surface area (Å²) >= 11 is 0. The van der Waals surface area contributed by atoms with Crippen LogP contribution in [0.4, 0.5) is 13.2 Å². The van der Waals surface area contributed by atoms with E-state index in [1.807, 2.05) is 73.7 Å². The van der Waals surface area contributed by atoms with Gasteiger partial charge in [0.1, 0.15) is 11.5 Å². The zero-order valence-electron chi connectivity index (χ0n) is 20.9. The van der Waals surface area contributed by atoms with Gasteiger partial charge in [0.2, 0.25) is 0 Å². The van der Waals surface area contributed by atoms with E-state index in [2.05, 4.69) is 5.48 Å². The van der Waals surface area contributed by atoms with E-state index in [4.69, 9.17) is 9.57 Å². The Morgan fingerprint density at radius 3 is 2.00 bits per heavy atom. The van der Waals surface area contributed by atoms with Gasteiger partial charge in [0.15, 0.2) is 0 Å². The number of nitrogens with one attached hydrogen (secondary N) is 1. The van der Waals surface area contributed by atoms with Gasteiger partial charge in [0.25, 0.3) is 0 Å². The summed E-state index contributed by atoms with van der Waals surface area (Å²) < 4.78 is 44.6. The highest BCUT2D eigenvalue weighted by molar-refractivity contribution is 5.69. The van der Waals surface area contributed by atoms with Crippen molar-refractivity contribution in [2.45, 2.75) is 37.9 Å². The second-order valence-corrected chi connectivity index (χ2v) is 9.21. The van der Waals surface area contributed by atoms with Gasteiger partial charge in [-0.3, -0.25) is 4.79 Å². The number of alkyl halides is 3. The molecule has 4 rings (SSSR count). The second kappa shape index (κ2) is 12.0. The van der Waals surface area contributed by atoms with Crippen molar-refractivity contribution >= 4 is 5.97 Å². The fourth-order valence-corrected chi connectivity index (χ4v) is 4.11. The summed E-state index contributed by atoms with van der Waals surface area (Å²) in [4.78, 5) is 18.1. The summed E-state index contributed by atoms with van der Waals surface area (Å²) in [5.74, 6) is 0.0384. The molecule has 4 aromatic rings. The van der Waals surface area contributed by atoms with Gasteiger partial charge in [-0.25, -0.2) is 0 Å². The SMILES string of the molecule is C[C@](Cc1ccccc1)(NOC(=O)CCc1cccc(Oc2cccc(C(F)(F)F)c2)c1)c1ccccc1. The molecule has 0 saturated heterocycles. The minimum Gasteiger partial charge on any atom is -0.457 e. The number of carbonyl (C=O) groups is 1. The third kappa shape index (κ3) is 7.46. The highest BCUT2D eigenvalue weighted by Crippen LogP contribution is 2.33. The molecule has 0 bridgehead atoms.